The number of ketones is 3. The van der Waals surface area contributed by atoms with Gasteiger partial charge in [-0.2, -0.15) is 0 Å². The lowest BCUT2D eigenvalue weighted by Gasteiger charge is -2.12. The Kier molecular flexibility index (Phi) is 24.9. The number of carbonyl (C=O) groups is 9. The zero-order valence-electron chi connectivity index (χ0n) is 32.3. The molecule has 0 atom stereocenters. The van der Waals surface area contributed by atoms with E-state index in [1.165, 1.54) is 39.0 Å². The van der Waals surface area contributed by atoms with Crippen LogP contribution in [0.4, 0.5) is 0 Å². The predicted octanol–water partition coefficient (Wildman–Crippen LogP) is 2.84. The summed E-state index contributed by atoms with van der Waals surface area (Å²) >= 11 is 0. The van der Waals surface area contributed by atoms with E-state index in [-0.39, 0.29) is 90.7 Å². The van der Waals surface area contributed by atoms with Gasteiger partial charge in [0.1, 0.15) is 17.3 Å². The van der Waals surface area contributed by atoms with Gasteiger partial charge in [0, 0.05) is 94.5 Å². The Bertz CT molecular complexity index is 1250. The number of hydrogen-bond acceptors (Lipinski definition) is 9. The molecule has 1 aromatic carbocycles. The van der Waals surface area contributed by atoms with E-state index in [1.54, 1.807) is 0 Å². The van der Waals surface area contributed by atoms with Gasteiger partial charge in [0.15, 0.2) is 0 Å². The molecule has 6 N–H and O–H groups in total. The van der Waals surface area contributed by atoms with E-state index >= 15 is 0 Å². The molecular weight excluding hydrogens is 696 g/mol. The van der Waals surface area contributed by atoms with E-state index in [0.717, 1.165) is 0 Å². The molecule has 0 saturated carbocycles. The number of rotatable bonds is 30. The topological polar surface area (TPSA) is 226 Å². The van der Waals surface area contributed by atoms with Crippen molar-refractivity contribution < 1.29 is 43.2 Å². The van der Waals surface area contributed by atoms with Crippen molar-refractivity contribution in [1.29, 1.82) is 0 Å². The van der Waals surface area contributed by atoms with Crippen LogP contribution in [0.15, 0.2) is 18.2 Å². The predicted molar refractivity (Wildman–Crippen MR) is 204 cm³/mol. The third-order valence-electron chi connectivity index (χ3n) is 8.15. The summed E-state index contributed by atoms with van der Waals surface area (Å²) in [4.78, 5) is 108. The van der Waals surface area contributed by atoms with Gasteiger partial charge in [0.25, 0.3) is 17.7 Å². The molecule has 0 aliphatic carbocycles. The van der Waals surface area contributed by atoms with Gasteiger partial charge < -0.3 is 46.3 Å². The first kappa shape index (κ1) is 47.1. The Morgan fingerprint density at radius 3 is 0.815 bits per heavy atom. The number of carbonyl (C=O) groups excluding carboxylic acids is 9. The zero-order chi connectivity index (χ0) is 40.1. The highest BCUT2D eigenvalue weighted by atomic mass is 16.2. The molecule has 15 nitrogen and oxygen atoms in total. The fourth-order valence-corrected chi connectivity index (χ4v) is 5.13. The first-order valence-electron chi connectivity index (χ1n) is 19.1. The average molecular weight is 757 g/mol. The fraction of sp³-hybridized carbons (Fsp3) is 0.615. The third kappa shape index (κ3) is 24.3. The van der Waals surface area contributed by atoms with Gasteiger partial charge in [0.05, 0.1) is 0 Å². The van der Waals surface area contributed by atoms with Gasteiger partial charge >= 0.3 is 0 Å². The number of nitrogens with one attached hydrogen (secondary N) is 6. The molecule has 0 unspecified atom stereocenters. The summed E-state index contributed by atoms with van der Waals surface area (Å²) in [6, 6.07) is 4.21. The van der Waals surface area contributed by atoms with Crippen molar-refractivity contribution in [3.8, 4) is 0 Å². The summed E-state index contributed by atoms with van der Waals surface area (Å²) in [5.74, 6) is -1.65. The Hall–Kier alpha value is -4.95. The standard InChI is InChI=1S/C39H60N6O9/c1-28(46)13-10-22-40-34(49)16-4-7-19-43-37(52)31-25-32(38(53)44-20-8-5-17-35(50)41-23-11-14-29(2)47)27-33(26-31)39(54)45-21-9-6-18-36(51)42-24-12-15-30(3)48/h25-27H,4-24H2,1-3H3,(H,40,49)(H,41,50)(H,42,51)(H,43,52)(H,44,53)(H,45,54). The number of hydrogen-bond donors (Lipinski definition) is 6. The van der Waals surface area contributed by atoms with Crippen molar-refractivity contribution in [1.82, 2.24) is 31.9 Å². The largest absolute Gasteiger partial charge is 0.356 e. The highest BCUT2D eigenvalue weighted by Crippen LogP contribution is 2.12. The van der Waals surface area contributed by atoms with E-state index in [0.29, 0.717) is 96.7 Å². The first-order chi connectivity index (χ1) is 25.8. The van der Waals surface area contributed by atoms with E-state index in [1.807, 2.05) is 0 Å². The second kappa shape index (κ2) is 28.5. The van der Waals surface area contributed by atoms with Crippen molar-refractivity contribution in [3.05, 3.63) is 34.9 Å². The zero-order valence-corrected chi connectivity index (χ0v) is 32.3. The molecule has 0 heterocycles. The Balaban J connectivity index is 2.71. The lowest BCUT2D eigenvalue weighted by Crippen LogP contribution is -2.30. The van der Waals surface area contributed by atoms with Gasteiger partial charge in [-0.1, -0.05) is 0 Å². The van der Waals surface area contributed by atoms with Crippen LogP contribution < -0.4 is 31.9 Å². The van der Waals surface area contributed by atoms with Gasteiger partial charge in [-0.25, -0.2) is 0 Å². The summed E-state index contributed by atoms with van der Waals surface area (Å²) in [6.07, 6.45) is 6.94. The lowest BCUT2D eigenvalue weighted by molar-refractivity contribution is -0.122. The van der Waals surface area contributed by atoms with E-state index in [9.17, 15) is 43.2 Å². The van der Waals surface area contributed by atoms with Crippen LogP contribution in [0.25, 0.3) is 0 Å². The maximum absolute atomic E-state index is 13.1. The molecular formula is C39H60N6O9. The van der Waals surface area contributed by atoms with Crippen LogP contribution in [0, 0.1) is 0 Å². The van der Waals surface area contributed by atoms with E-state index in [4.69, 9.17) is 0 Å². The number of benzene rings is 1. The quantitative estimate of drug-likeness (QED) is 0.0634. The molecule has 0 fully saturated rings. The molecule has 0 aliphatic heterocycles. The molecule has 0 aliphatic rings. The number of amides is 6. The molecule has 1 rings (SSSR count). The minimum absolute atomic E-state index is 0.0697. The molecule has 0 saturated heterocycles. The molecule has 0 bridgehead atoms. The van der Waals surface area contributed by atoms with E-state index in [2.05, 4.69) is 31.9 Å². The fourth-order valence-electron chi connectivity index (χ4n) is 5.13. The highest BCUT2D eigenvalue weighted by molar-refractivity contribution is 6.04. The maximum atomic E-state index is 13.1. The summed E-state index contributed by atoms with van der Waals surface area (Å²) in [5.41, 5.74) is 0.330. The van der Waals surface area contributed by atoms with Crippen molar-refractivity contribution in [2.75, 3.05) is 39.3 Å². The second-order valence-corrected chi connectivity index (χ2v) is 13.4. The van der Waals surface area contributed by atoms with Crippen molar-refractivity contribution in [2.24, 2.45) is 0 Å². The molecule has 300 valence electrons. The monoisotopic (exact) mass is 756 g/mol. The molecule has 0 spiro atoms. The SMILES string of the molecule is CC(=O)CCCNC(=O)CCCCNC(=O)c1cc(C(=O)NCCCCC(=O)NCCCC(C)=O)cc(C(=O)NCCCCC(=O)NCCCC(C)=O)c1. The van der Waals surface area contributed by atoms with Crippen LogP contribution in [-0.4, -0.2) is 92.1 Å². The van der Waals surface area contributed by atoms with Crippen LogP contribution in [0.2, 0.25) is 0 Å². The van der Waals surface area contributed by atoms with Gasteiger partial charge in [0.2, 0.25) is 17.7 Å². The number of Topliss-reactive ketones (excluding diaryl/α,β-unsaturated/α-hetero) is 3. The van der Waals surface area contributed by atoms with Crippen LogP contribution in [-0.2, 0) is 28.8 Å². The molecule has 6 amide bonds. The normalized spacial score (nSPS) is 10.5. The van der Waals surface area contributed by atoms with Gasteiger partial charge in [-0.05, 0) is 96.8 Å². The summed E-state index contributed by atoms with van der Waals surface area (Å²) in [6.45, 7) is 6.59. The Morgan fingerprint density at radius 2 is 0.574 bits per heavy atom. The van der Waals surface area contributed by atoms with E-state index < -0.39 is 17.7 Å². The summed E-state index contributed by atoms with van der Waals surface area (Å²) < 4.78 is 0. The summed E-state index contributed by atoms with van der Waals surface area (Å²) in [5, 5.41) is 16.6. The second-order valence-electron chi connectivity index (χ2n) is 13.4. The average Bonchev–Trinajstić information content (AvgIpc) is 3.12. The summed E-state index contributed by atoms with van der Waals surface area (Å²) in [7, 11) is 0. The molecule has 15 heteroatoms. The smallest absolute Gasteiger partial charge is 0.251 e. The van der Waals surface area contributed by atoms with Crippen molar-refractivity contribution >= 4 is 52.8 Å². The molecule has 0 aromatic heterocycles. The van der Waals surface area contributed by atoms with Crippen LogP contribution in [0.3, 0.4) is 0 Å². The molecule has 0 radical (unpaired) electrons. The number of unbranched alkanes of at least 4 members (excludes halogenated alkanes) is 3. The van der Waals surface area contributed by atoms with Crippen molar-refractivity contribution in [3.63, 3.8) is 0 Å². The van der Waals surface area contributed by atoms with Gasteiger partial charge in [-0.15, -0.1) is 0 Å². The minimum Gasteiger partial charge on any atom is -0.356 e. The van der Waals surface area contributed by atoms with Gasteiger partial charge in [-0.3, -0.25) is 28.8 Å². The maximum Gasteiger partial charge on any atom is 0.251 e. The Morgan fingerprint density at radius 1 is 0.333 bits per heavy atom. The lowest BCUT2D eigenvalue weighted by atomic mass is 10.0. The highest BCUT2D eigenvalue weighted by Gasteiger charge is 2.17. The third-order valence-corrected chi connectivity index (χ3v) is 8.15. The van der Waals surface area contributed by atoms with Crippen molar-refractivity contribution in [2.45, 2.75) is 117 Å². The van der Waals surface area contributed by atoms with Crippen LogP contribution in [0.5, 0.6) is 0 Å². The minimum atomic E-state index is -0.490. The van der Waals surface area contributed by atoms with Crippen LogP contribution in [0.1, 0.15) is 148 Å². The molecule has 1 aromatic rings. The van der Waals surface area contributed by atoms with Crippen LogP contribution >= 0.6 is 0 Å². The molecule has 54 heavy (non-hydrogen) atoms. The first-order valence-corrected chi connectivity index (χ1v) is 19.1. The Labute approximate surface area is 318 Å².